The molecule has 1 saturated heterocycles. The molecule has 1 fully saturated rings. The number of hydrogen-bond donors (Lipinski definition) is 2. The molecule has 0 radical (unpaired) electrons. The quantitative estimate of drug-likeness (QED) is 0.162. The summed E-state index contributed by atoms with van der Waals surface area (Å²) < 4.78 is 14.1. The molecule has 1 aliphatic heterocycles. The molecule has 1 unspecified atom stereocenters. The molecule has 34 heavy (non-hydrogen) atoms. The van der Waals surface area contributed by atoms with Crippen molar-refractivity contribution < 1.29 is 14.0 Å². The number of ketones is 2. The first kappa shape index (κ1) is 22.8. The average Bonchev–Trinajstić information content (AvgIpc) is 2.85. The maximum atomic E-state index is 14.1. The Morgan fingerprint density at radius 2 is 1.53 bits per heavy atom. The molecular formula is C26H24FIN4O2. The van der Waals surface area contributed by atoms with Crippen LogP contribution in [0.25, 0.3) is 0 Å². The van der Waals surface area contributed by atoms with E-state index in [4.69, 9.17) is 5.73 Å². The maximum absolute atomic E-state index is 14.1. The van der Waals surface area contributed by atoms with Crippen LogP contribution in [0.2, 0.25) is 0 Å². The van der Waals surface area contributed by atoms with Gasteiger partial charge in [-0.15, -0.1) is 0 Å². The predicted octanol–water partition coefficient (Wildman–Crippen LogP) is 4.18. The molecule has 3 N–H and O–H groups in total. The Morgan fingerprint density at radius 3 is 2.24 bits per heavy atom. The number of rotatable bonds is 5. The van der Waals surface area contributed by atoms with E-state index in [1.54, 1.807) is 42.5 Å². The Labute approximate surface area is 211 Å². The van der Waals surface area contributed by atoms with Crippen LogP contribution in [0.5, 0.6) is 0 Å². The highest BCUT2D eigenvalue weighted by molar-refractivity contribution is 14.1. The molecule has 3 aromatic carbocycles. The number of nitrogens with zero attached hydrogens (tertiary/aromatic N) is 2. The topological polar surface area (TPSA) is 78.7 Å². The van der Waals surface area contributed by atoms with Crippen molar-refractivity contribution in [2.45, 2.75) is 4.05 Å². The number of anilines is 3. The number of nitrogens with two attached hydrogens (primary N) is 1. The van der Waals surface area contributed by atoms with Crippen molar-refractivity contribution in [1.82, 2.24) is 4.90 Å². The summed E-state index contributed by atoms with van der Waals surface area (Å²) in [6.45, 7) is 3.77. The second-order valence-corrected chi connectivity index (χ2v) is 10.0. The first-order chi connectivity index (χ1) is 16.4. The zero-order valence-corrected chi connectivity index (χ0v) is 20.6. The normalized spacial score (nSPS) is 16.7. The minimum Gasteiger partial charge on any atom is -0.397 e. The molecule has 1 heterocycles. The van der Waals surface area contributed by atoms with E-state index < -0.39 is 0 Å². The second-order valence-electron chi connectivity index (χ2n) is 8.51. The van der Waals surface area contributed by atoms with Gasteiger partial charge in [0.25, 0.3) is 0 Å². The van der Waals surface area contributed by atoms with Crippen LogP contribution in [-0.4, -0.2) is 53.2 Å². The van der Waals surface area contributed by atoms with Crippen LogP contribution in [0, 0.1) is 5.82 Å². The Kier molecular flexibility index (Phi) is 6.26. The summed E-state index contributed by atoms with van der Waals surface area (Å²) in [5.41, 5.74) is 9.40. The molecule has 2 aliphatic rings. The molecule has 0 bridgehead atoms. The highest BCUT2D eigenvalue weighted by atomic mass is 127. The standard InChI is InChI=1S/C26H24FIN4O2/c27-19-7-3-4-8-21(19)32-13-11-31(12-14-32)15-22(28)30-24-20(29)10-9-18-23(24)26(34)17-6-2-1-5-16(17)25(18)33/h1-10,22,30H,11-15,29H2. The number of para-hydroxylation sites is 1. The van der Waals surface area contributed by atoms with Crippen LogP contribution in [0.15, 0.2) is 60.7 Å². The van der Waals surface area contributed by atoms with Crippen LogP contribution in [-0.2, 0) is 0 Å². The summed E-state index contributed by atoms with van der Waals surface area (Å²) in [6, 6.07) is 17.1. The second kappa shape index (κ2) is 9.34. The highest BCUT2D eigenvalue weighted by Crippen LogP contribution is 2.36. The van der Waals surface area contributed by atoms with E-state index in [0.29, 0.717) is 45.9 Å². The Bertz CT molecular complexity index is 1270. The summed E-state index contributed by atoms with van der Waals surface area (Å²) in [5, 5.41) is 3.39. The molecule has 0 spiro atoms. The molecule has 1 aliphatic carbocycles. The van der Waals surface area contributed by atoms with Gasteiger partial charge in [-0.1, -0.05) is 59.0 Å². The number of fused-ring (bicyclic) bond motifs is 2. The van der Waals surface area contributed by atoms with Crippen molar-refractivity contribution in [3.63, 3.8) is 0 Å². The monoisotopic (exact) mass is 570 g/mol. The smallest absolute Gasteiger partial charge is 0.196 e. The molecule has 0 saturated carbocycles. The van der Waals surface area contributed by atoms with Gasteiger partial charge in [-0.2, -0.15) is 0 Å². The van der Waals surface area contributed by atoms with Crippen molar-refractivity contribution in [1.29, 1.82) is 0 Å². The van der Waals surface area contributed by atoms with E-state index in [1.165, 1.54) is 6.07 Å². The number of halogens is 2. The lowest BCUT2D eigenvalue weighted by atomic mass is 9.83. The van der Waals surface area contributed by atoms with Gasteiger partial charge in [0.15, 0.2) is 11.6 Å². The number of carbonyl (C=O) groups excluding carboxylic acids is 2. The van der Waals surface area contributed by atoms with Gasteiger partial charge >= 0.3 is 0 Å². The van der Waals surface area contributed by atoms with E-state index in [-0.39, 0.29) is 21.4 Å². The first-order valence-electron chi connectivity index (χ1n) is 11.2. The van der Waals surface area contributed by atoms with Crippen LogP contribution in [0.4, 0.5) is 21.5 Å². The van der Waals surface area contributed by atoms with Crippen LogP contribution < -0.4 is 16.0 Å². The Balaban J connectivity index is 1.30. The summed E-state index contributed by atoms with van der Waals surface area (Å²) in [7, 11) is 0. The van der Waals surface area contributed by atoms with E-state index in [1.807, 2.05) is 12.1 Å². The van der Waals surface area contributed by atoms with Crippen LogP contribution in [0.1, 0.15) is 31.8 Å². The number of piperazine rings is 1. The molecule has 6 nitrogen and oxygen atoms in total. The fraction of sp³-hybridized carbons (Fsp3) is 0.231. The van der Waals surface area contributed by atoms with Gasteiger partial charge in [0.2, 0.25) is 0 Å². The van der Waals surface area contributed by atoms with Gasteiger partial charge in [0.1, 0.15) is 5.82 Å². The molecule has 3 aromatic rings. The summed E-state index contributed by atoms with van der Waals surface area (Å²) in [6.07, 6.45) is 0. The largest absolute Gasteiger partial charge is 0.397 e. The third-order valence-corrected chi connectivity index (χ3v) is 7.12. The van der Waals surface area contributed by atoms with Crippen molar-refractivity contribution in [2.24, 2.45) is 0 Å². The number of carbonyl (C=O) groups is 2. The minimum atomic E-state index is -0.200. The fourth-order valence-electron chi connectivity index (χ4n) is 4.67. The maximum Gasteiger partial charge on any atom is 0.196 e. The van der Waals surface area contributed by atoms with Crippen molar-refractivity contribution in [3.05, 3.63) is 88.7 Å². The predicted molar refractivity (Wildman–Crippen MR) is 141 cm³/mol. The van der Waals surface area contributed by atoms with Crippen molar-refractivity contribution in [3.8, 4) is 0 Å². The molecule has 1 atom stereocenters. The summed E-state index contributed by atoms with van der Waals surface area (Å²) in [5.74, 6) is -0.556. The van der Waals surface area contributed by atoms with Crippen LogP contribution in [0.3, 0.4) is 0 Å². The highest BCUT2D eigenvalue weighted by Gasteiger charge is 2.33. The van der Waals surface area contributed by atoms with Gasteiger partial charge in [-0.3, -0.25) is 14.5 Å². The lowest BCUT2D eigenvalue weighted by Gasteiger charge is -2.37. The Hall–Kier alpha value is -2.98. The van der Waals surface area contributed by atoms with Crippen molar-refractivity contribution >= 4 is 51.2 Å². The lowest BCUT2D eigenvalue weighted by molar-refractivity contribution is 0.0979. The Morgan fingerprint density at radius 1 is 0.882 bits per heavy atom. The van der Waals surface area contributed by atoms with Crippen LogP contribution >= 0.6 is 22.6 Å². The number of nitrogen functional groups attached to an aromatic ring is 1. The third-order valence-electron chi connectivity index (χ3n) is 6.41. The SMILES string of the molecule is Nc1ccc2c(c1NC(I)CN1CCN(c3ccccc3F)CC1)C(=O)c1ccccc1C2=O. The molecule has 8 heteroatoms. The summed E-state index contributed by atoms with van der Waals surface area (Å²) >= 11 is 2.30. The minimum absolute atomic E-state index is 0.0496. The molecule has 174 valence electrons. The van der Waals surface area contributed by atoms with Gasteiger partial charge in [0.05, 0.1) is 26.7 Å². The average molecular weight is 570 g/mol. The third kappa shape index (κ3) is 4.16. The van der Waals surface area contributed by atoms with E-state index in [9.17, 15) is 14.0 Å². The lowest BCUT2D eigenvalue weighted by Crippen LogP contribution is -2.49. The van der Waals surface area contributed by atoms with E-state index >= 15 is 0 Å². The van der Waals surface area contributed by atoms with Gasteiger partial charge < -0.3 is 16.0 Å². The fourth-order valence-corrected chi connectivity index (χ4v) is 5.54. The first-order valence-corrected chi connectivity index (χ1v) is 12.4. The number of nitrogens with one attached hydrogen (secondary N) is 1. The summed E-state index contributed by atoms with van der Waals surface area (Å²) in [4.78, 5) is 30.7. The molecular weight excluding hydrogens is 546 g/mol. The van der Waals surface area contributed by atoms with Crippen molar-refractivity contribution in [2.75, 3.05) is 48.7 Å². The van der Waals surface area contributed by atoms with Gasteiger partial charge in [-0.05, 0) is 24.3 Å². The number of benzene rings is 3. The van der Waals surface area contributed by atoms with Gasteiger partial charge in [0, 0.05) is 49.4 Å². The number of hydrogen-bond acceptors (Lipinski definition) is 6. The number of alkyl halides is 1. The molecule has 5 rings (SSSR count). The van der Waals surface area contributed by atoms with E-state index in [0.717, 1.165) is 26.2 Å². The molecule has 0 amide bonds. The zero-order chi connectivity index (χ0) is 23.8. The zero-order valence-electron chi connectivity index (χ0n) is 18.4. The van der Waals surface area contributed by atoms with Gasteiger partial charge in [-0.25, -0.2) is 4.39 Å². The molecule has 0 aromatic heterocycles. The van der Waals surface area contributed by atoms with E-state index in [2.05, 4.69) is 37.7 Å².